The molecule has 0 radical (unpaired) electrons. The Morgan fingerprint density at radius 2 is 1.79 bits per heavy atom. The maximum Gasteiger partial charge on any atom is 0.0110 e. The molecule has 1 saturated heterocycles. The molecular formula is C16H35N3. The number of hydrogen-bond acceptors (Lipinski definition) is 3. The molecule has 0 bridgehead atoms. The van der Waals surface area contributed by atoms with E-state index < -0.39 is 0 Å². The normalized spacial score (nSPS) is 18.9. The van der Waals surface area contributed by atoms with Gasteiger partial charge in [-0.25, -0.2) is 0 Å². The predicted molar refractivity (Wildman–Crippen MR) is 84.8 cm³/mol. The zero-order valence-electron chi connectivity index (χ0n) is 13.5. The van der Waals surface area contributed by atoms with Crippen molar-refractivity contribution in [2.24, 2.45) is 0 Å². The summed E-state index contributed by atoms with van der Waals surface area (Å²) in [5, 5.41) is 3.41. The number of rotatable bonds is 10. The second kappa shape index (κ2) is 10.6. The lowest BCUT2D eigenvalue weighted by Gasteiger charge is -2.31. The number of piperazine rings is 1. The van der Waals surface area contributed by atoms with Gasteiger partial charge in [-0.15, -0.1) is 0 Å². The predicted octanol–water partition coefficient (Wildman–Crippen LogP) is 2.57. The Labute approximate surface area is 120 Å². The number of hydrogen-bond donors (Lipinski definition) is 1. The van der Waals surface area contributed by atoms with Crippen molar-refractivity contribution in [3.8, 4) is 0 Å². The summed E-state index contributed by atoms with van der Waals surface area (Å²) < 4.78 is 0. The highest BCUT2D eigenvalue weighted by molar-refractivity contribution is 4.70. The average molecular weight is 269 g/mol. The number of unbranched alkanes of at least 4 members (excludes halogenated alkanes) is 4. The van der Waals surface area contributed by atoms with Gasteiger partial charge in [-0.1, -0.05) is 39.0 Å². The van der Waals surface area contributed by atoms with E-state index in [1.54, 1.807) is 0 Å². The molecule has 1 fully saturated rings. The van der Waals surface area contributed by atoms with Crippen LogP contribution < -0.4 is 5.32 Å². The summed E-state index contributed by atoms with van der Waals surface area (Å²) in [4.78, 5) is 5.13. The van der Waals surface area contributed by atoms with Crippen molar-refractivity contribution in [2.75, 3.05) is 46.3 Å². The van der Waals surface area contributed by atoms with E-state index in [1.807, 2.05) is 0 Å². The van der Waals surface area contributed by atoms with Crippen molar-refractivity contribution in [1.29, 1.82) is 0 Å². The van der Waals surface area contributed by atoms with Gasteiger partial charge in [0.15, 0.2) is 0 Å². The number of likely N-dealkylation sites (N-methyl/N-ethyl adjacent to an activating group) is 1. The Morgan fingerprint density at radius 1 is 1.11 bits per heavy atom. The smallest absolute Gasteiger partial charge is 0.0110 e. The molecule has 0 aromatic rings. The highest BCUT2D eigenvalue weighted by Gasteiger charge is 2.12. The SMILES string of the molecule is CCCCCCCC(C)N(C)CCN1CCNCC1. The molecule has 1 atom stereocenters. The van der Waals surface area contributed by atoms with Crippen molar-refractivity contribution in [3.63, 3.8) is 0 Å². The summed E-state index contributed by atoms with van der Waals surface area (Å²) >= 11 is 0. The van der Waals surface area contributed by atoms with Crippen LogP contribution >= 0.6 is 0 Å². The van der Waals surface area contributed by atoms with Crippen LogP contribution in [0.15, 0.2) is 0 Å². The van der Waals surface area contributed by atoms with E-state index in [-0.39, 0.29) is 0 Å². The molecule has 3 heteroatoms. The third-order valence-electron chi connectivity index (χ3n) is 4.46. The van der Waals surface area contributed by atoms with Crippen LogP contribution in [-0.2, 0) is 0 Å². The number of nitrogens with zero attached hydrogens (tertiary/aromatic N) is 2. The first kappa shape index (κ1) is 16.9. The highest BCUT2D eigenvalue weighted by atomic mass is 15.2. The monoisotopic (exact) mass is 269 g/mol. The Balaban J connectivity index is 2.01. The van der Waals surface area contributed by atoms with Gasteiger partial charge < -0.3 is 10.2 Å². The minimum Gasteiger partial charge on any atom is -0.314 e. The quantitative estimate of drug-likeness (QED) is 0.615. The van der Waals surface area contributed by atoms with E-state index in [9.17, 15) is 0 Å². The van der Waals surface area contributed by atoms with Crippen molar-refractivity contribution >= 4 is 0 Å². The lowest BCUT2D eigenvalue weighted by atomic mass is 10.1. The third kappa shape index (κ3) is 7.91. The molecule has 1 N–H and O–H groups in total. The lowest BCUT2D eigenvalue weighted by Crippen LogP contribution is -2.46. The molecule has 1 rings (SSSR count). The molecule has 0 aromatic heterocycles. The summed E-state index contributed by atoms with van der Waals surface area (Å²) in [6, 6.07) is 0.740. The van der Waals surface area contributed by atoms with Crippen LogP contribution in [0, 0.1) is 0 Å². The fourth-order valence-electron chi connectivity index (χ4n) is 2.72. The van der Waals surface area contributed by atoms with Gasteiger partial charge in [0, 0.05) is 45.3 Å². The van der Waals surface area contributed by atoms with Gasteiger partial charge in [0.2, 0.25) is 0 Å². The Bertz CT molecular complexity index is 202. The van der Waals surface area contributed by atoms with E-state index in [2.05, 4.69) is 36.0 Å². The van der Waals surface area contributed by atoms with E-state index in [4.69, 9.17) is 0 Å². The molecule has 1 aliphatic rings. The summed E-state index contributed by atoms with van der Waals surface area (Å²) in [5.74, 6) is 0. The second-order valence-electron chi connectivity index (χ2n) is 6.12. The molecule has 0 saturated carbocycles. The topological polar surface area (TPSA) is 18.5 Å². The molecule has 1 aliphatic heterocycles. The second-order valence-corrected chi connectivity index (χ2v) is 6.12. The van der Waals surface area contributed by atoms with Gasteiger partial charge in [-0.2, -0.15) is 0 Å². The minimum absolute atomic E-state index is 0.740. The van der Waals surface area contributed by atoms with Gasteiger partial charge in [0.05, 0.1) is 0 Å². The standard InChI is InChI=1S/C16H35N3/c1-4-5-6-7-8-9-16(2)18(3)14-15-19-12-10-17-11-13-19/h16-17H,4-15H2,1-3H3. The van der Waals surface area contributed by atoms with Crippen LogP contribution in [0.1, 0.15) is 52.4 Å². The van der Waals surface area contributed by atoms with Crippen LogP contribution in [0.4, 0.5) is 0 Å². The van der Waals surface area contributed by atoms with Gasteiger partial charge in [0.1, 0.15) is 0 Å². The molecule has 3 nitrogen and oxygen atoms in total. The Morgan fingerprint density at radius 3 is 2.47 bits per heavy atom. The van der Waals surface area contributed by atoms with Crippen molar-refractivity contribution in [1.82, 2.24) is 15.1 Å². The molecule has 1 heterocycles. The largest absolute Gasteiger partial charge is 0.314 e. The molecular weight excluding hydrogens is 234 g/mol. The van der Waals surface area contributed by atoms with E-state index >= 15 is 0 Å². The number of nitrogens with one attached hydrogen (secondary N) is 1. The minimum atomic E-state index is 0.740. The van der Waals surface area contributed by atoms with Gasteiger partial charge >= 0.3 is 0 Å². The highest BCUT2D eigenvalue weighted by Crippen LogP contribution is 2.10. The van der Waals surface area contributed by atoms with Crippen LogP contribution in [0.2, 0.25) is 0 Å². The summed E-state index contributed by atoms with van der Waals surface area (Å²) in [6.07, 6.45) is 8.37. The first-order valence-electron chi connectivity index (χ1n) is 8.37. The van der Waals surface area contributed by atoms with E-state index in [1.165, 1.54) is 64.7 Å². The van der Waals surface area contributed by atoms with Gasteiger partial charge in [-0.3, -0.25) is 4.90 Å². The first-order valence-corrected chi connectivity index (χ1v) is 8.37. The molecule has 0 aromatic carbocycles. The fourth-order valence-corrected chi connectivity index (χ4v) is 2.72. The zero-order valence-corrected chi connectivity index (χ0v) is 13.5. The molecule has 19 heavy (non-hydrogen) atoms. The Hall–Kier alpha value is -0.120. The lowest BCUT2D eigenvalue weighted by molar-refractivity contribution is 0.177. The van der Waals surface area contributed by atoms with E-state index in [0.29, 0.717) is 0 Å². The molecule has 0 amide bonds. The summed E-state index contributed by atoms with van der Waals surface area (Å²) in [6.45, 7) is 11.9. The zero-order chi connectivity index (χ0) is 13.9. The average Bonchev–Trinajstić information content (AvgIpc) is 2.45. The first-order chi connectivity index (χ1) is 9.24. The van der Waals surface area contributed by atoms with Crippen LogP contribution in [0.5, 0.6) is 0 Å². The van der Waals surface area contributed by atoms with Crippen molar-refractivity contribution < 1.29 is 0 Å². The summed E-state index contributed by atoms with van der Waals surface area (Å²) in [7, 11) is 2.29. The third-order valence-corrected chi connectivity index (χ3v) is 4.46. The molecule has 0 aliphatic carbocycles. The molecule has 1 unspecified atom stereocenters. The van der Waals surface area contributed by atoms with Gasteiger partial charge in [-0.05, 0) is 20.4 Å². The fraction of sp³-hybridized carbons (Fsp3) is 1.00. The van der Waals surface area contributed by atoms with Crippen LogP contribution in [0.3, 0.4) is 0 Å². The maximum atomic E-state index is 3.41. The Kier molecular flexibility index (Phi) is 9.48. The van der Waals surface area contributed by atoms with Gasteiger partial charge in [0.25, 0.3) is 0 Å². The maximum absolute atomic E-state index is 3.41. The summed E-state index contributed by atoms with van der Waals surface area (Å²) in [5.41, 5.74) is 0. The van der Waals surface area contributed by atoms with Crippen molar-refractivity contribution in [2.45, 2.75) is 58.4 Å². The molecule has 114 valence electrons. The van der Waals surface area contributed by atoms with Crippen molar-refractivity contribution in [3.05, 3.63) is 0 Å². The van der Waals surface area contributed by atoms with Crippen LogP contribution in [-0.4, -0.2) is 62.2 Å². The molecule has 0 spiro atoms. The van der Waals surface area contributed by atoms with Crippen LogP contribution in [0.25, 0.3) is 0 Å². The van der Waals surface area contributed by atoms with E-state index in [0.717, 1.165) is 19.1 Å².